The highest BCUT2D eigenvalue weighted by molar-refractivity contribution is 6.04. The van der Waals surface area contributed by atoms with E-state index in [4.69, 9.17) is 9.47 Å². The Bertz CT molecular complexity index is 1910. The Morgan fingerprint density at radius 3 is 2.73 bits per heavy atom. The van der Waals surface area contributed by atoms with Crippen molar-refractivity contribution in [2.45, 2.75) is 88.5 Å². The van der Waals surface area contributed by atoms with E-state index in [1.165, 1.54) is 24.3 Å². The third-order valence-corrected chi connectivity index (χ3v) is 10.8. The number of alkyl halides is 3. The van der Waals surface area contributed by atoms with Gasteiger partial charge in [0.2, 0.25) is 11.8 Å². The van der Waals surface area contributed by atoms with Crippen molar-refractivity contribution in [1.29, 1.82) is 0 Å². The Balaban J connectivity index is 1.35. The number of benzene rings is 2. The molecule has 0 aliphatic carbocycles. The molecule has 6 heterocycles. The van der Waals surface area contributed by atoms with Crippen LogP contribution in [0.2, 0.25) is 0 Å². The van der Waals surface area contributed by atoms with E-state index in [1.807, 2.05) is 0 Å². The predicted molar refractivity (Wildman–Crippen MR) is 172 cm³/mol. The standard InChI is InChI=1S/C36H37F5N4O3/c1-2-23-25(38)9-8-19-12-22(46)13-24(29(19)23)32-31(39)33-30-27(14-28(42-33)48-18-36-10-5-11-44(36)16-20(37)15-36)45-21(17-47-35(30)43-32)6-3-4-7-26(45)34(40)41/h8-9,12-14,20-21,26,34,46H,2-7,10-11,15-18H2,1H3/t20-,21+,26-,36+/m1/s1. The van der Waals surface area contributed by atoms with Crippen LogP contribution in [0.4, 0.5) is 27.6 Å². The Labute approximate surface area is 274 Å². The fraction of sp³-hybridized carbons (Fsp3) is 0.500. The fourth-order valence-electron chi connectivity index (χ4n) is 8.69. The summed E-state index contributed by atoms with van der Waals surface area (Å²) in [5, 5.41) is 11.7. The summed E-state index contributed by atoms with van der Waals surface area (Å²) in [7, 11) is 0. The van der Waals surface area contributed by atoms with Crippen molar-refractivity contribution in [3.63, 3.8) is 0 Å². The molecule has 12 heteroatoms. The number of pyridine rings is 2. The molecule has 3 fully saturated rings. The second-order valence-corrected chi connectivity index (χ2v) is 13.7. The van der Waals surface area contributed by atoms with Crippen LogP contribution in [0.25, 0.3) is 32.9 Å². The maximum absolute atomic E-state index is 17.1. The van der Waals surface area contributed by atoms with Crippen molar-refractivity contribution >= 4 is 27.4 Å². The lowest BCUT2D eigenvalue weighted by Crippen LogP contribution is -2.48. The molecule has 2 aromatic carbocycles. The summed E-state index contributed by atoms with van der Waals surface area (Å²) >= 11 is 0. The molecule has 48 heavy (non-hydrogen) atoms. The van der Waals surface area contributed by atoms with E-state index in [0.29, 0.717) is 54.3 Å². The molecule has 0 saturated carbocycles. The summed E-state index contributed by atoms with van der Waals surface area (Å²) in [5.74, 6) is -1.48. The van der Waals surface area contributed by atoms with Crippen LogP contribution in [0.15, 0.2) is 30.3 Å². The lowest BCUT2D eigenvalue weighted by Gasteiger charge is -2.37. The van der Waals surface area contributed by atoms with Gasteiger partial charge in [0, 0.05) is 24.6 Å². The SMILES string of the molecule is CCc1c(F)ccc2cc(O)cc(-c3nc4c5c(cc(OC[C@@]67CCCN6C[C@H](F)C7)nc5c3F)N3[C@@H](CCCC[C@@H]3C(F)F)CO4)c12. The van der Waals surface area contributed by atoms with E-state index in [0.717, 1.165) is 25.8 Å². The number of hydrogen-bond donors (Lipinski definition) is 1. The number of phenolic OH excluding ortho intramolecular Hbond substituents is 1. The first kappa shape index (κ1) is 31.3. The van der Waals surface area contributed by atoms with Gasteiger partial charge in [0.05, 0.1) is 28.7 Å². The van der Waals surface area contributed by atoms with Crippen LogP contribution >= 0.6 is 0 Å². The zero-order valence-corrected chi connectivity index (χ0v) is 26.6. The molecule has 0 bridgehead atoms. The number of aromatic nitrogens is 2. The molecule has 254 valence electrons. The minimum atomic E-state index is -2.68. The number of aryl methyl sites for hydroxylation is 1. The third kappa shape index (κ3) is 5.01. The van der Waals surface area contributed by atoms with Crippen molar-refractivity contribution in [3.8, 4) is 28.8 Å². The average Bonchev–Trinajstić information content (AvgIpc) is 3.43. The highest BCUT2D eigenvalue weighted by Crippen LogP contribution is 2.47. The van der Waals surface area contributed by atoms with E-state index in [1.54, 1.807) is 17.9 Å². The van der Waals surface area contributed by atoms with Gasteiger partial charge in [-0.1, -0.05) is 25.8 Å². The molecular weight excluding hydrogens is 631 g/mol. The molecule has 4 aliphatic heterocycles. The van der Waals surface area contributed by atoms with Gasteiger partial charge < -0.3 is 19.5 Å². The number of hydrogen-bond acceptors (Lipinski definition) is 7. The second kappa shape index (κ2) is 11.9. The van der Waals surface area contributed by atoms with Crippen LogP contribution in [-0.4, -0.2) is 76.5 Å². The Morgan fingerprint density at radius 1 is 1.08 bits per heavy atom. The summed E-state index contributed by atoms with van der Waals surface area (Å²) in [6.07, 6.45) is 0.766. The maximum atomic E-state index is 17.1. The van der Waals surface area contributed by atoms with Crippen molar-refractivity contribution in [2.24, 2.45) is 0 Å². The molecule has 4 aromatic rings. The normalized spacial score (nSPS) is 25.6. The Hall–Kier alpha value is -3.93. The van der Waals surface area contributed by atoms with Crippen molar-refractivity contribution < 1.29 is 36.5 Å². The van der Waals surface area contributed by atoms with Gasteiger partial charge in [0.15, 0.2) is 5.82 Å². The van der Waals surface area contributed by atoms with Crippen molar-refractivity contribution in [3.05, 3.63) is 47.5 Å². The molecular formula is C36H37F5N4O3. The van der Waals surface area contributed by atoms with Gasteiger partial charge in [-0.2, -0.15) is 0 Å². The zero-order valence-electron chi connectivity index (χ0n) is 26.6. The summed E-state index contributed by atoms with van der Waals surface area (Å²) in [4.78, 5) is 13.0. The maximum Gasteiger partial charge on any atom is 0.258 e. The van der Waals surface area contributed by atoms with Gasteiger partial charge in [-0.15, -0.1) is 0 Å². The number of rotatable bonds is 6. The summed E-state index contributed by atoms with van der Waals surface area (Å²) in [6, 6.07) is 5.62. The molecule has 0 unspecified atom stereocenters. The first-order chi connectivity index (χ1) is 23.2. The second-order valence-electron chi connectivity index (χ2n) is 13.7. The topological polar surface area (TPSA) is 71.0 Å². The largest absolute Gasteiger partial charge is 0.508 e. The number of aromatic hydroxyl groups is 1. The van der Waals surface area contributed by atoms with Crippen LogP contribution < -0.4 is 14.4 Å². The van der Waals surface area contributed by atoms with Gasteiger partial charge in [-0.05, 0) is 73.2 Å². The average molecular weight is 669 g/mol. The third-order valence-electron chi connectivity index (χ3n) is 10.8. The van der Waals surface area contributed by atoms with E-state index < -0.39 is 41.9 Å². The lowest BCUT2D eigenvalue weighted by atomic mass is 9.94. The van der Waals surface area contributed by atoms with E-state index in [-0.39, 0.29) is 59.3 Å². The molecule has 0 radical (unpaired) electrons. The number of ether oxygens (including phenoxy) is 2. The van der Waals surface area contributed by atoms with E-state index in [2.05, 4.69) is 14.9 Å². The summed E-state index contributed by atoms with van der Waals surface area (Å²) in [5.41, 5.74) is -0.139. The molecule has 2 aromatic heterocycles. The number of nitrogens with zero attached hydrogens (tertiary/aromatic N) is 4. The van der Waals surface area contributed by atoms with Crippen LogP contribution in [0, 0.1) is 11.6 Å². The van der Waals surface area contributed by atoms with Crippen LogP contribution in [0.3, 0.4) is 0 Å². The molecule has 4 aliphatic rings. The first-order valence-electron chi connectivity index (χ1n) is 16.9. The molecule has 7 nitrogen and oxygen atoms in total. The zero-order chi connectivity index (χ0) is 33.3. The molecule has 0 spiro atoms. The Kier molecular flexibility index (Phi) is 7.76. The number of phenols is 1. The number of halogens is 5. The lowest BCUT2D eigenvalue weighted by molar-refractivity contribution is 0.103. The summed E-state index contributed by atoms with van der Waals surface area (Å²) < 4.78 is 88.8. The molecule has 8 rings (SSSR count). The van der Waals surface area contributed by atoms with Crippen LogP contribution in [0.5, 0.6) is 17.5 Å². The summed E-state index contributed by atoms with van der Waals surface area (Å²) in [6.45, 7) is 3.02. The monoisotopic (exact) mass is 668 g/mol. The quantitative estimate of drug-likeness (QED) is 0.211. The van der Waals surface area contributed by atoms with Gasteiger partial charge in [-0.25, -0.2) is 31.9 Å². The van der Waals surface area contributed by atoms with Gasteiger partial charge >= 0.3 is 0 Å². The Morgan fingerprint density at radius 2 is 1.92 bits per heavy atom. The highest BCUT2D eigenvalue weighted by atomic mass is 19.3. The van der Waals surface area contributed by atoms with Gasteiger partial charge in [0.1, 0.15) is 42.2 Å². The van der Waals surface area contributed by atoms with Gasteiger partial charge in [-0.3, -0.25) is 4.90 Å². The van der Waals surface area contributed by atoms with Crippen molar-refractivity contribution in [2.75, 3.05) is 31.2 Å². The van der Waals surface area contributed by atoms with Crippen LogP contribution in [-0.2, 0) is 6.42 Å². The fourth-order valence-corrected chi connectivity index (χ4v) is 8.69. The molecule has 0 amide bonds. The minimum absolute atomic E-state index is 0.0131. The van der Waals surface area contributed by atoms with Crippen molar-refractivity contribution in [1.82, 2.24) is 14.9 Å². The van der Waals surface area contributed by atoms with Gasteiger partial charge in [0.25, 0.3) is 6.43 Å². The predicted octanol–water partition coefficient (Wildman–Crippen LogP) is 7.73. The highest BCUT2D eigenvalue weighted by Gasteiger charge is 2.49. The molecule has 1 N–H and O–H groups in total. The van der Waals surface area contributed by atoms with E-state index >= 15 is 8.78 Å². The smallest absolute Gasteiger partial charge is 0.258 e. The molecule has 4 atom stereocenters. The van der Waals surface area contributed by atoms with E-state index in [9.17, 15) is 18.3 Å². The minimum Gasteiger partial charge on any atom is -0.508 e. The number of anilines is 1. The van der Waals surface area contributed by atoms with Crippen LogP contribution in [0.1, 0.15) is 57.4 Å². The number of fused-ring (bicyclic) bond motifs is 4. The first-order valence-corrected chi connectivity index (χ1v) is 16.9. The molecule has 3 saturated heterocycles.